The number of benzene rings is 1. The molecule has 1 amide bonds. The van der Waals surface area contributed by atoms with Crippen LogP contribution in [0.5, 0.6) is 5.75 Å². The highest BCUT2D eigenvalue weighted by molar-refractivity contribution is 5.92. The summed E-state index contributed by atoms with van der Waals surface area (Å²) in [6, 6.07) is 7.78. The monoisotopic (exact) mass is 290 g/mol. The molecule has 1 aliphatic heterocycles. The van der Waals surface area contributed by atoms with Gasteiger partial charge in [0.25, 0.3) is 0 Å². The average molecular weight is 290 g/mol. The maximum absolute atomic E-state index is 12.4. The molecule has 0 spiro atoms. The van der Waals surface area contributed by atoms with Crippen molar-refractivity contribution in [3.8, 4) is 5.75 Å². The Bertz CT molecular complexity index is 506. The minimum atomic E-state index is 0.0478. The summed E-state index contributed by atoms with van der Waals surface area (Å²) in [4.78, 5) is 12.4. The average Bonchev–Trinajstić information content (AvgIpc) is 2.54. The largest absolute Gasteiger partial charge is 0.497 e. The van der Waals surface area contributed by atoms with Crippen LogP contribution < -0.4 is 15.4 Å². The quantitative estimate of drug-likeness (QED) is 0.891. The van der Waals surface area contributed by atoms with Gasteiger partial charge in [-0.05, 0) is 31.4 Å². The molecule has 1 saturated carbocycles. The fraction of sp³-hybridized carbons (Fsp3) is 0.562. The second-order valence-corrected chi connectivity index (χ2v) is 5.70. The topological polar surface area (TPSA) is 59.6 Å². The van der Waals surface area contributed by atoms with Gasteiger partial charge >= 0.3 is 0 Å². The molecule has 2 fully saturated rings. The van der Waals surface area contributed by atoms with Gasteiger partial charge in [-0.3, -0.25) is 4.79 Å². The van der Waals surface area contributed by atoms with Crippen LogP contribution in [0, 0.1) is 5.92 Å². The predicted octanol–water partition coefficient (Wildman–Crippen LogP) is 1.79. The Morgan fingerprint density at radius 3 is 3.19 bits per heavy atom. The van der Waals surface area contributed by atoms with Gasteiger partial charge < -0.3 is 20.1 Å². The molecule has 1 aromatic carbocycles. The van der Waals surface area contributed by atoms with E-state index in [0.717, 1.165) is 43.9 Å². The zero-order valence-corrected chi connectivity index (χ0v) is 12.3. The van der Waals surface area contributed by atoms with Crippen LogP contribution in [0.2, 0.25) is 0 Å². The van der Waals surface area contributed by atoms with Gasteiger partial charge in [-0.2, -0.15) is 0 Å². The molecule has 1 aromatic rings. The molecule has 0 aromatic heterocycles. The van der Waals surface area contributed by atoms with E-state index >= 15 is 0 Å². The van der Waals surface area contributed by atoms with Crippen LogP contribution in [-0.2, 0) is 9.53 Å². The summed E-state index contributed by atoms with van der Waals surface area (Å²) in [5.41, 5.74) is 0.786. The smallest absolute Gasteiger partial charge is 0.227 e. The molecule has 0 bridgehead atoms. The van der Waals surface area contributed by atoms with Crippen molar-refractivity contribution in [2.45, 2.75) is 31.4 Å². The van der Waals surface area contributed by atoms with Crippen LogP contribution >= 0.6 is 0 Å². The second kappa shape index (κ2) is 6.45. The van der Waals surface area contributed by atoms with Crippen molar-refractivity contribution in [3.05, 3.63) is 24.3 Å². The van der Waals surface area contributed by atoms with Crippen molar-refractivity contribution in [1.29, 1.82) is 0 Å². The van der Waals surface area contributed by atoms with Crippen molar-refractivity contribution in [3.63, 3.8) is 0 Å². The van der Waals surface area contributed by atoms with Gasteiger partial charge in [0.05, 0.1) is 19.8 Å². The molecule has 2 aliphatic rings. The molecule has 5 nitrogen and oxygen atoms in total. The van der Waals surface area contributed by atoms with Gasteiger partial charge in [-0.1, -0.05) is 6.07 Å². The summed E-state index contributed by atoms with van der Waals surface area (Å²) >= 11 is 0. The number of anilines is 1. The van der Waals surface area contributed by atoms with E-state index in [-0.39, 0.29) is 17.9 Å². The van der Waals surface area contributed by atoms with E-state index < -0.39 is 0 Å². The van der Waals surface area contributed by atoms with Crippen LogP contribution in [0.25, 0.3) is 0 Å². The van der Waals surface area contributed by atoms with E-state index in [1.807, 2.05) is 24.3 Å². The number of carbonyl (C=O) groups excluding carboxylic acids is 1. The zero-order chi connectivity index (χ0) is 14.7. The number of hydrogen-bond donors (Lipinski definition) is 2. The Balaban J connectivity index is 1.60. The molecule has 21 heavy (non-hydrogen) atoms. The molecule has 5 heteroatoms. The van der Waals surface area contributed by atoms with Gasteiger partial charge in [0, 0.05) is 30.3 Å². The molecular weight excluding hydrogens is 268 g/mol. The molecule has 2 N–H and O–H groups in total. The molecule has 1 aliphatic carbocycles. The number of nitrogens with one attached hydrogen (secondary N) is 2. The highest BCUT2D eigenvalue weighted by Crippen LogP contribution is 2.29. The first kappa shape index (κ1) is 14.4. The number of hydrogen-bond acceptors (Lipinski definition) is 4. The lowest BCUT2D eigenvalue weighted by molar-refractivity contribution is -0.123. The van der Waals surface area contributed by atoms with E-state index in [2.05, 4.69) is 10.6 Å². The minimum absolute atomic E-state index is 0.0478. The summed E-state index contributed by atoms with van der Waals surface area (Å²) in [6.45, 7) is 1.66. The fourth-order valence-corrected chi connectivity index (χ4v) is 3.19. The number of methoxy groups -OCH3 is 1. The van der Waals surface area contributed by atoms with Crippen molar-refractivity contribution in [1.82, 2.24) is 5.32 Å². The minimum Gasteiger partial charge on any atom is -0.497 e. The molecule has 1 saturated heterocycles. The number of fused-ring (bicyclic) bond motifs is 1. The van der Waals surface area contributed by atoms with Gasteiger partial charge in [-0.25, -0.2) is 0 Å². The summed E-state index contributed by atoms with van der Waals surface area (Å²) in [6.07, 6.45) is 2.96. The summed E-state index contributed by atoms with van der Waals surface area (Å²) in [5, 5.41) is 6.46. The van der Waals surface area contributed by atoms with Gasteiger partial charge in [0.1, 0.15) is 5.75 Å². The van der Waals surface area contributed by atoms with Gasteiger partial charge in [0.15, 0.2) is 0 Å². The molecule has 114 valence electrons. The van der Waals surface area contributed by atoms with E-state index in [1.54, 1.807) is 7.11 Å². The Kier molecular flexibility index (Phi) is 4.41. The van der Waals surface area contributed by atoms with E-state index in [4.69, 9.17) is 9.47 Å². The van der Waals surface area contributed by atoms with Crippen LogP contribution in [0.4, 0.5) is 5.69 Å². The first-order chi connectivity index (χ1) is 10.3. The van der Waals surface area contributed by atoms with Crippen LogP contribution in [0.3, 0.4) is 0 Å². The first-order valence-corrected chi connectivity index (χ1v) is 7.56. The predicted molar refractivity (Wildman–Crippen MR) is 80.5 cm³/mol. The lowest BCUT2D eigenvalue weighted by atomic mass is 9.82. The molecule has 3 atom stereocenters. The van der Waals surface area contributed by atoms with E-state index in [1.165, 1.54) is 0 Å². The van der Waals surface area contributed by atoms with Gasteiger partial charge in [-0.15, -0.1) is 0 Å². The number of morpholine rings is 1. The molecule has 3 rings (SSSR count). The number of amides is 1. The lowest BCUT2D eigenvalue weighted by Crippen LogP contribution is -2.52. The van der Waals surface area contributed by atoms with Crippen LogP contribution in [0.15, 0.2) is 24.3 Å². The van der Waals surface area contributed by atoms with Crippen molar-refractivity contribution in [2.75, 3.05) is 25.6 Å². The Hall–Kier alpha value is -1.59. The normalized spacial score (nSPS) is 28.5. The summed E-state index contributed by atoms with van der Waals surface area (Å²) in [5.74, 6) is 0.889. The van der Waals surface area contributed by atoms with Crippen molar-refractivity contribution >= 4 is 11.6 Å². The molecule has 0 radical (unpaired) electrons. The highest BCUT2D eigenvalue weighted by atomic mass is 16.5. The lowest BCUT2D eigenvalue weighted by Gasteiger charge is -2.39. The third-order valence-electron chi connectivity index (χ3n) is 4.34. The zero-order valence-electron chi connectivity index (χ0n) is 12.3. The maximum Gasteiger partial charge on any atom is 0.227 e. The third kappa shape index (κ3) is 3.36. The molecular formula is C16H22N2O3. The Morgan fingerprint density at radius 2 is 2.33 bits per heavy atom. The van der Waals surface area contributed by atoms with Crippen molar-refractivity contribution < 1.29 is 14.3 Å². The standard InChI is InChI=1S/C16H22N2O3/c1-20-13-4-2-3-12(10-13)18-16(19)11-5-6-15-14(9-11)17-7-8-21-15/h2-4,10-11,14-15,17H,5-9H2,1H3,(H,18,19)/t11-,14+,15+/m0/s1. The highest BCUT2D eigenvalue weighted by Gasteiger charge is 2.35. The summed E-state index contributed by atoms with van der Waals surface area (Å²) in [7, 11) is 1.62. The third-order valence-corrected chi connectivity index (χ3v) is 4.34. The molecule has 1 heterocycles. The van der Waals surface area contributed by atoms with E-state index in [9.17, 15) is 4.79 Å². The van der Waals surface area contributed by atoms with Crippen LogP contribution in [0.1, 0.15) is 19.3 Å². The van der Waals surface area contributed by atoms with Crippen LogP contribution in [-0.4, -0.2) is 38.3 Å². The fourth-order valence-electron chi connectivity index (χ4n) is 3.19. The number of rotatable bonds is 3. The Morgan fingerprint density at radius 1 is 1.43 bits per heavy atom. The summed E-state index contributed by atoms with van der Waals surface area (Å²) < 4.78 is 10.9. The SMILES string of the molecule is COc1cccc(NC(=O)[C@H]2CC[C@H]3OCCN[C@@H]3C2)c1. The van der Waals surface area contributed by atoms with E-state index in [0.29, 0.717) is 6.04 Å². The first-order valence-electron chi connectivity index (χ1n) is 7.56. The van der Waals surface area contributed by atoms with Gasteiger partial charge in [0.2, 0.25) is 5.91 Å². The second-order valence-electron chi connectivity index (χ2n) is 5.70. The van der Waals surface area contributed by atoms with Crippen molar-refractivity contribution in [2.24, 2.45) is 5.92 Å². The Labute approximate surface area is 125 Å². The number of carbonyl (C=O) groups is 1. The maximum atomic E-state index is 12.4. The number of ether oxygens (including phenoxy) is 2. The molecule has 0 unspecified atom stereocenters.